The maximum atomic E-state index is 13.0. The van der Waals surface area contributed by atoms with E-state index < -0.39 is 0 Å². The van der Waals surface area contributed by atoms with Crippen molar-refractivity contribution in [1.82, 2.24) is 9.88 Å². The fourth-order valence-electron chi connectivity index (χ4n) is 2.61. The van der Waals surface area contributed by atoms with Crippen molar-refractivity contribution in [1.29, 1.82) is 5.41 Å². The molecular weight excluding hydrogens is 325 g/mol. The van der Waals surface area contributed by atoms with Crippen LogP contribution in [0.1, 0.15) is 25.3 Å². The number of nitrogens with one attached hydrogen (secondary N) is 1. The van der Waals surface area contributed by atoms with E-state index in [0.717, 1.165) is 24.2 Å². The minimum atomic E-state index is -0.284. The van der Waals surface area contributed by atoms with Crippen molar-refractivity contribution < 1.29 is 9.50 Å². The van der Waals surface area contributed by atoms with Gasteiger partial charge in [-0.25, -0.2) is 9.37 Å². The molecule has 2 heterocycles. The summed E-state index contributed by atoms with van der Waals surface area (Å²) < 4.78 is 13.0. The van der Waals surface area contributed by atoms with E-state index >= 15 is 0 Å². The molecule has 0 amide bonds. The van der Waals surface area contributed by atoms with Gasteiger partial charge in [0.05, 0.1) is 17.8 Å². The van der Waals surface area contributed by atoms with Gasteiger partial charge < -0.3 is 10.0 Å². The van der Waals surface area contributed by atoms with Crippen LogP contribution in [0.4, 0.5) is 4.39 Å². The van der Waals surface area contributed by atoms with Crippen LogP contribution in [-0.2, 0) is 0 Å². The number of amidine groups is 1. The molecule has 0 saturated heterocycles. The maximum absolute atomic E-state index is 13.0. The molecule has 2 aromatic rings. The van der Waals surface area contributed by atoms with Gasteiger partial charge in [0.1, 0.15) is 22.4 Å². The van der Waals surface area contributed by atoms with Crippen LogP contribution < -0.4 is 0 Å². The zero-order valence-electron chi connectivity index (χ0n) is 13.7. The first-order valence-electron chi connectivity index (χ1n) is 7.93. The minimum Gasteiger partial charge on any atom is -0.510 e. The molecule has 1 aliphatic heterocycles. The molecule has 1 aromatic heterocycles. The Labute approximate surface area is 144 Å². The van der Waals surface area contributed by atoms with Crippen LogP contribution in [0.15, 0.2) is 35.4 Å². The van der Waals surface area contributed by atoms with Crippen molar-refractivity contribution in [2.45, 2.75) is 20.3 Å². The zero-order chi connectivity index (χ0) is 17.3. The average Bonchev–Trinajstić information content (AvgIpc) is 3.11. The van der Waals surface area contributed by atoms with E-state index in [1.54, 1.807) is 12.1 Å². The van der Waals surface area contributed by atoms with Crippen molar-refractivity contribution >= 4 is 22.7 Å². The predicted molar refractivity (Wildman–Crippen MR) is 95.8 cm³/mol. The highest BCUT2D eigenvalue weighted by atomic mass is 32.1. The van der Waals surface area contributed by atoms with Gasteiger partial charge >= 0.3 is 0 Å². The molecule has 2 N–H and O–H groups in total. The normalized spacial score (nSPS) is 15.0. The van der Waals surface area contributed by atoms with Gasteiger partial charge in [-0.05, 0) is 36.6 Å². The number of hydrogen-bond donors (Lipinski definition) is 2. The van der Waals surface area contributed by atoms with E-state index in [1.165, 1.54) is 23.5 Å². The van der Waals surface area contributed by atoms with E-state index in [4.69, 9.17) is 5.41 Å². The summed E-state index contributed by atoms with van der Waals surface area (Å²) in [5, 5.41) is 21.1. The van der Waals surface area contributed by atoms with Crippen LogP contribution in [0.2, 0.25) is 0 Å². The number of aromatic nitrogens is 1. The lowest BCUT2D eigenvalue weighted by atomic mass is 10.1. The summed E-state index contributed by atoms with van der Waals surface area (Å²) in [6.07, 6.45) is 0.974. The van der Waals surface area contributed by atoms with Crippen LogP contribution in [0, 0.1) is 17.1 Å². The van der Waals surface area contributed by atoms with Crippen LogP contribution in [0.3, 0.4) is 0 Å². The highest BCUT2D eigenvalue weighted by Crippen LogP contribution is 2.32. The molecule has 1 aliphatic rings. The van der Waals surface area contributed by atoms with Gasteiger partial charge in [0.25, 0.3) is 0 Å². The largest absolute Gasteiger partial charge is 0.510 e. The Morgan fingerprint density at radius 1 is 1.33 bits per heavy atom. The van der Waals surface area contributed by atoms with Crippen molar-refractivity contribution in [2.24, 2.45) is 5.92 Å². The number of benzene rings is 1. The van der Waals surface area contributed by atoms with Crippen LogP contribution >= 0.6 is 11.3 Å². The molecule has 0 radical (unpaired) electrons. The molecule has 0 atom stereocenters. The van der Waals surface area contributed by atoms with Gasteiger partial charge in [0.15, 0.2) is 0 Å². The second-order valence-corrected chi connectivity index (χ2v) is 7.18. The zero-order valence-corrected chi connectivity index (χ0v) is 14.5. The van der Waals surface area contributed by atoms with E-state index in [-0.39, 0.29) is 11.6 Å². The summed E-state index contributed by atoms with van der Waals surface area (Å²) in [5.41, 5.74) is 2.06. The Morgan fingerprint density at radius 3 is 2.71 bits per heavy atom. The molecule has 0 spiro atoms. The summed E-state index contributed by atoms with van der Waals surface area (Å²) in [6, 6.07) is 6.15. The number of aliphatic hydroxyl groups excluding tert-OH is 1. The number of aliphatic hydroxyl groups is 1. The maximum Gasteiger partial charge on any atom is 0.135 e. The Bertz CT molecular complexity index is 780. The molecule has 0 fully saturated rings. The van der Waals surface area contributed by atoms with Gasteiger partial charge in [0.2, 0.25) is 0 Å². The monoisotopic (exact) mass is 345 g/mol. The molecule has 3 rings (SSSR count). The molecule has 4 nitrogen and oxygen atoms in total. The first-order valence-corrected chi connectivity index (χ1v) is 8.81. The van der Waals surface area contributed by atoms with Gasteiger partial charge in [-0.2, -0.15) is 0 Å². The van der Waals surface area contributed by atoms with E-state index in [0.29, 0.717) is 28.9 Å². The van der Waals surface area contributed by atoms with Crippen molar-refractivity contribution in [2.75, 3.05) is 13.1 Å². The topological polar surface area (TPSA) is 60.2 Å². The fraction of sp³-hybridized carbons (Fsp3) is 0.333. The van der Waals surface area contributed by atoms with E-state index in [1.807, 2.05) is 10.3 Å². The smallest absolute Gasteiger partial charge is 0.135 e. The van der Waals surface area contributed by atoms with Crippen molar-refractivity contribution in [3.63, 3.8) is 0 Å². The number of rotatable bonds is 5. The van der Waals surface area contributed by atoms with Crippen molar-refractivity contribution in [3.05, 3.63) is 46.2 Å². The predicted octanol–water partition coefficient (Wildman–Crippen LogP) is 4.56. The van der Waals surface area contributed by atoms with Crippen LogP contribution in [0.25, 0.3) is 16.8 Å². The van der Waals surface area contributed by atoms with Crippen LogP contribution in [0.5, 0.6) is 0 Å². The van der Waals surface area contributed by atoms with Gasteiger partial charge in [-0.3, -0.25) is 5.41 Å². The second kappa shape index (κ2) is 6.73. The lowest BCUT2D eigenvalue weighted by Crippen LogP contribution is -2.28. The third-order valence-corrected chi connectivity index (χ3v) is 4.88. The summed E-state index contributed by atoms with van der Waals surface area (Å²) in [6.45, 7) is 5.40. The number of hydrogen-bond acceptors (Lipinski definition) is 4. The first-order chi connectivity index (χ1) is 11.5. The first kappa shape index (κ1) is 16.6. The third-order valence-electron chi connectivity index (χ3n) is 4.02. The summed E-state index contributed by atoms with van der Waals surface area (Å²) in [4.78, 5) is 6.41. The fourth-order valence-corrected chi connectivity index (χ4v) is 3.50. The molecular formula is C18H20FN3OS. The van der Waals surface area contributed by atoms with Gasteiger partial charge in [0, 0.05) is 17.5 Å². The Kier molecular flexibility index (Phi) is 4.66. The third kappa shape index (κ3) is 3.33. The highest BCUT2D eigenvalue weighted by Gasteiger charge is 2.30. The Morgan fingerprint density at radius 2 is 2.04 bits per heavy atom. The summed E-state index contributed by atoms with van der Waals surface area (Å²) >= 11 is 1.39. The van der Waals surface area contributed by atoms with Crippen molar-refractivity contribution in [3.8, 4) is 11.3 Å². The lowest BCUT2D eigenvalue weighted by molar-refractivity contribution is 0.337. The SMILES string of the molecule is CC(C)CCN1CC(O)=C(c2nc(-c3ccc(F)cc3)cs2)C1=N. The standard InChI is InChI=1S/C18H20FN3OS/c1-11(2)7-8-22-9-15(23)16(17(22)20)18-21-14(10-24-18)12-3-5-13(19)6-4-12/h3-6,10-11,20,23H,7-9H2,1-2H3. The van der Waals surface area contributed by atoms with E-state index in [9.17, 15) is 9.50 Å². The average molecular weight is 345 g/mol. The second-order valence-electron chi connectivity index (χ2n) is 6.32. The van der Waals surface area contributed by atoms with Gasteiger partial charge in [-0.15, -0.1) is 11.3 Å². The van der Waals surface area contributed by atoms with Gasteiger partial charge in [-0.1, -0.05) is 13.8 Å². The summed E-state index contributed by atoms with van der Waals surface area (Å²) in [7, 11) is 0. The van der Waals surface area contributed by atoms with E-state index in [2.05, 4.69) is 18.8 Å². The highest BCUT2D eigenvalue weighted by molar-refractivity contribution is 7.11. The molecule has 0 saturated carbocycles. The number of halogens is 1. The summed E-state index contributed by atoms with van der Waals surface area (Å²) in [5.74, 6) is 0.791. The number of thiazole rings is 1. The minimum absolute atomic E-state index is 0.198. The molecule has 0 bridgehead atoms. The lowest BCUT2D eigenvalue weighted by Gasteiger charge is -2.19. The van der Waals surface area contributed by atoms with Crippen LogP contribution in [-0.4, -0.2) is 33.9 Å². The Hall–Kier alpha value is -2.21. The number of nitrogens with zero attached hydrogens (tertiary/aromatic N) is 2. The molecule has 0 aliphatic carbocycles. The molecule has 24 heavy (non-hydrogen) atoms. The quantitative estimate of drug-likeness (QED) is 0.835. The Balaban J connectivity index is 1.80. The molecule has 0 unspecified atom stereocenters. The molecule has 6 heteroatoms. The molecule has 126 valence electrons. The molecule has 1 aromatic carbocycles.